The van der Waals surface area contributed by atoms with Crippen LogP contribution in [0.15, 0.2) is 35.9 Å². The van der Waals surface area contributed by atoms with Gasteiger partial charge in [0.25, 0.3) is 0 Å². The van der Waals surface area contributed by atoms with Gasteiger partial charge in [-0.3, -0.25) is 4.90 Å². The molecule has 0 unspecified atom stereocenters. The van der Waals surface area contributed by atoms with Crippen molar-refractivity contribution in [2.24, 2.45) is 5.41 Å². The lowest BCUT2D eigenvalue weighted by Crippen LogP contribution is -2.35. The summed E-state index contributed by atoms with van der Waals surface area (Å²) < 4.78 is 66.1. The number of carbonyl (C=O) groups excluding carboxylic acids is 1. The van der Waals surface area contributed by atoms with Gasteiger partial charge in [-0.15, -0.1) is 0 Å². The topological polar surface area (TPSA) is 38.8 Å². The molecule has 0 saturated carbocycles. The lowest BCUT2D eigenvalue weighted by Gasteiger charge is -2.36. The van der Waals surface area contributed by atoms with Gasteiger partial charge in [-0.2, -0.15) is 13.2 Å². The lowest BCUT2D eigenvalue weighted by molar-refractivity contribution is -0.137. The van der Waals surface area contributed by atoms with Crippen LogP contribution in [-0.2, 0) is 10.9 Å². The second-order valence-corrected chi connectivity index (χ2v) is 11.9. The fraction of sp³-hybridized carbons (Fsp3) is 0.464. The molecule has 1 amide bonds. The maximum Gasteiger partial charge on any atom is 0.416 e. The summed E-state index contributed by atoms with van der Waals surface area (Å²) in [6.45, 7) is 7.98. The van der Waals surface area contributed by atoms with Crippen LogP contribution in [0, 0.1) is 21.7 Å². The number of allylic oxidation sites excluding steroid dienone is 1. The van der Waals surface area contributed by atoms with Gasteiger partial charge in [-0.1, -0.05) is 25.5 Å². The molecule has 2 atom stereocenters. The number of carbonyl (C=O) groups is 1. The summed E-state index contributed by atoms with van der Waals surface area (Å²) in [6, 6.07) is 6.44. The zero-order chi connectivity index (χ0) is 27.3. The van der Waals surface area contributed by atoms with Crippen molar-refractivity contribution in [2.75, 3.05) is 13.7 Å². The van der Waals surface area contributed by atoms with Crippen LogP contribution < -0.4 is 4.74 Å². The molecule has 9 heteroatoms. The molecule has 1 saturated heterocycles. The van der Waals surface area contributed by atoms with Crippen LogP contribution in [0.3, 0.4) is 0 Å². The van der Waals surface area contributed by atoms with Crippen molar-refractivity contribution in [2.45, 2.75) is 65.3 Å². The van der Waals surface area contributed by atoms with Crippen LogP contribution >= 0.6 is 22.6 Å². The molecule has 0 radical (unpaired) electrons. The van der Waals surface area contributed by atoms with E-state index in [1.54, 1.807) is 30.9 Å². The first-order chi connectivity index (χ1) is 17.2. The molecule has 0 bridgehead atoms. The highest BCUT2D eigenvalue weighted by Crippen LogP contribution is 2.46. The Morgan fingerprint density at radius 2 is 1.89 bits per heavy atom. The van der Waals surface area contributed by atoms with Crippen molar-refractivity contribution in [3.63, 3.8) is 0 Å². The average Bonchev–Trinajstić information content (AvgIpc) is 3.08. The summed E-state index contributed by atoms with van der Waals surface area (Å²) in [4.78, 5) is 14.6. The molecule has 1 aliphatic carbocycles. The van der Waals surface area contributed by atoms with Crippen molar-refractivity contribution in [1.29, 1.82) is 0 Å². The van der Waals surface area contributed by atoms with Gasteiger partial charge >= 0.3 is 12.3 Å². The van der Waals surface area contributed by atoms with Crippen LogP contribution in [0.2, 0.25) is 0 Å². The van der Waals surface area contributed by atoms with Gasteiger partial charge in [0.05, 0.1) is 18.7 Å². The van der Waals surface area contributed by atoms with Gasteiger partial charge in [0.1, 0.15) is 17.7 Å². The van der Waals surface area contributed by atoms with Gasteiger partial charge < -0.3 is 9.47 Å². The Labute approximate surface area is 228 Å². The molecular weight excluding hydrogens is 601 g/mol. The first kappa shape index (κ1) is 27.7. The maximum absolute atomic E-state index is 14.3. The molecule has 2 aromatic rings. The Kier molecular flexibility index (Phi) is 7.58. The number of rotatable bonds is 5. The minimum absolute atomic E-state index is 0.0102. The fourth-order valence-electron chi connectivity index (χ4n) is 5.33. The second-order valence-electron chi connectivity index (χ2n) is 10.7. The van der Waals surface area contributed by atoms with E-state index in [4.69, 9.17) is 9.47 Å². The molecule has 1 fully saturated rings. The number of amides is 1. The van der Waals surface area contributed by atoms with Gasteiger partial charge in [-0.25, -0.2) is 9.18 Å². The van der Waals surface area contributed by atoms with E-state index >= 15 is 0 Å². The number of benzene rings is 2. The summed E-state index contributed by atoms with van der Waals surface area (Å²) in [7, 11) is 1.50. The van der Waals surface area contributed by atoms with Crippen LogP contribution in [0.5, 0.6) is 5.75 Å². The lowest BCUT2D eigenvalue weighted by atomic mass is 9.72. The number of hydrogen-bond acceptors (Lipinski definition) is 3. The molecule has 1 heterocycles. The van der Waals surface area contributed by atoms with E-state index in [9.17, 15) is 22.4 Å². The maximum atomic E-state index is 14.3. The van der Waals surface area contributed by atoms with Crippen molar-refractivity contribution in [1.82, 2.24) is 4.90 Å². The van der Waals surface area contributed by atoms with E-state index < -0.39 is 30.0 Å². The van der Waals surface area contributed by atoms with Crippen LogP contribution in [-0.4, -0.2) is 30.7 Å². The van der Waals surface area contributed by atoms with E-state index in [1.165, 1.54) is 13.2 Å². The minimum atomic E-state index is -4.49. The minimum Gasteiger partial charge on any atom is -0.496 e. The molecule has 200 valence electrons. The van der Waals surface area contributed by atoms with E-state index in [0.717, 1.165) is 41.7 Å². The summed E-state index contributed by atoms with van der Waals surface area (Å²) in [5.74, 6) is 0.0648. The Morgan fingerprint density at radius 3 is 2.54 bits per heavy atom. The van der Waals surface area contributed by atoms with Gasteiger partial charge in [0.2, 0.25) is 0 Å². The molecule has 1 aliphatic heterocycles. The summed E-state index contributed by atoms with van der Waals surface area (Å²) in [5.41, 5.74) is 2.82. The predicted octanol–water partition coefficient (Wildman–Crippen LogP) is 8.31. The molecule has 37 heavy (non-hydrogen) atoms. The SMILES string of the molecule is COc1cc(F)c(I)cc1C1=C(CN2C(=O)O[C@H](c3cc(C)cc(C(F)(F)F)c3)[C@@H]2C)CC(C)(C)CC1. The Hall–Kier alpha value is -2.30. The third kappa shape index (κ3) is 5.76. The molecule has 2 aliphatic rings. The molecule has 2 aromatic carbocycles. The number of hydrogen-bond donors (Lipinski definition) is 0. The molecule has 0 N–H and O–H groups in total. The number of alkyl halides is 3. The first-order valence-corrected chi connectivity index (χ1v) is 13.2. The molecule has 4 rings (SSSR count). The van der Waals surface area contributed by atoms with Crippen LogP contribution in [0.25, 0.3) is 5.57 Å². The summed E-state index contributed by atoms with van der Waals surface area (Å²) in [5, 5.41) is 0. The van der Waals surface area contributed by atoms with Gasteiger partial charge in [0.15, 0.2) is 0 Å². The standard InChI is InChI=1S/C28H30F4INO3/c1-15-8-17(10-19(9-15)28(30,31)32)25-16(2)34(26(35)37-25)14-18-13-27(3,4)7-6-20(18)21-11-23(33)22(29)12-24(21)36-5/h8-12,16,25H,6-7,13-14H2,1-5H3/t16-,25-/m0/s1. The number of ether oxygens (including phenoxy) is 2. The Balaban J connectivity index is 1.71. The molecule has 0 spiro atoms. The zero-order valence-electron chi connectivity index (χ0n) is 21.4. The highest BCUT2D eigenvalue weighted by molar-refractivity contribution is 14.1. The van der Waals surface area contributed by atoms with Gasteiger partial charge in [0, 0.05) is 21.7 Å². The van der Waals surface area contributed by atoms with Crippen LogP contribution in [0.1, 0.15) is 68.4 Å². The number of methoxy groups -OCH3 is 1. The zero-order valence-corrected chi connectivity index (χ0v) is 23.6. The number of aryl methyl sites for hydroxylation is 1. The Bertz CT molecular complexity index is 1250. The quantitative estimate of drug-likeness (QED) is 0.246. The smallest absolute Gasteiger partial charge is 0.416 e. The summed E-state index contributed by atoms with van der Waals surface area (Å²) in [6.07, 6.45) is -3.53. The van der Waals surface area contributed by atoms with Crippen molar-refractivity contribution in [3.05, 3.63) is 67.5 Å². The highest BCUT2D eigenvalue weighted by atomic mass is 127. The van der Waals surface area contributed by atoms with Crippen molar-refractivity contribution in [3.8, 4) is 5.75 Å². The predicted molar refractivity (Wildman–Crippen MR) is 142 cm³/mol. The molecular formula is C28H30F4INO3. The molecule has 0 aromatic heterocycles. The van der Waals surface area contributed by atoms with Crippen molar-refractivity contribution >= 4 is 34.3 Å². The highest BCUT2D eigenvalue weighted by Gasteiger charge is 2.42. The fourth-order valence-corrected chi connectivity index (χ4v) is 5.80. The monoisotopic (exact) mass is 631 g/mol. The van der Waals surface area contributed by atoms with Crippen LogP contribution in [0.4, 0.5) is 22.4 Å². The number of cyclic esters (lactones) is 1. The average molecular weight is 631 g/mol. The van der Waals surface area contributed by atoms with E-state index in [1.807, 2.05) is 22.6 Å². The second kappa shape index (κ2) is 10.1. The Morgan fingerprint density at radius 1 is 1.19 bits per heavy atom. The van der Waals surface area contributed by atoms with Crippen molar-refractivity contribution < 1.29 is 31.8 Å². The van der Waals surface area contributed by atoms with E-state index in [-0.39, 0.29) is 17.8 Å². The number of halogens is 5. The van der Waals surface area contributed by atoms with E-state index in [0.29, 0.717) is 26.9 Å². The van der Waals surface area contributed by atoms with E-state index in [2.05, 4.69) is 13.8 Å². The summed E-state index contributed by atoms with van der Waals surface area (Å²) >= 11 is 1.95. The number of nitrogens with zero attached hydrogens (tertiary/aromatic N) is 1. The normalized spacial score (nSPS) is 21.9. The first-order valence-electron chi connectivity index (χ1n) is 12.1. The van der Waals surface area contributed by atoms with Gasteiger partial charge in [-0.05, 0) is 96.0 Å². The third-order valence-corrected chi connectivity index (χ3v) is 8.07. The molecule has 4 nitrogen and oxygen atoms in total. The third-order valence-electron chi connectivity index (χ3n) is 7.25. The largest absolute Gasteiger partial charge is 0.496 e.